The van der Waals surface area contributed by atoms with E-state index in [2.05, 4.69) is 0 Å². The van der Waals surface area contributed by atoms with Gasteiger partial charge in [-0.2, -0.15) is 0 Å². The van der Waals surface area contributed by atoms with Crippen LogP contribution in [0.15, 0.2) is 42.5 Å². The monoisotopic (exact) mass is 262 g/mol. The fraction of sp³-hybridized carbons (Fsp3) is 0.133. The van der Waals surface area contributed by atoms with Crippen LogP contribution in [0.25, 0.3) is 0 Å². The molecule has 2 aromatic rings. The van der Waals surface area contributed by atoms with E-state index in [4.69, 9.17) is 0 Å². The summed E-state index contributed by atoms with van der Waals surface area (Å²) >= 11 is 0. The zero-order valence-electron chi connectivity index (χ0n) is 10.2. The number of carbonyl (C=O) groups is 1. The molecule has 0 aliphatic rings. The lowest BCUT2D eigenvalue weighted by molar-refractivity contribution is 0.0747. The second-order valence-corrected chi connectivity index (χ2v) is 4.28. The highest BCUT2D eigenvalue weighted by atomic mass is 19.1. The Bertz CT molecular complexity index is 606. The Labute approximate surface area is 109 Å². The maximum absolute atomic E-state index is 13.1. The van der Waals surface area contributed by atoms with Gasteiger partial charge in [0, 0.05) is 5.56 Å². The first-order valence-electron chi connectivity index (χ1n) is 5.73. The van der Waals surface area contributed by atoms with Gasteiger partial charge in [0.05, 0.1) is 0 Å². The molecule has 0 amide bonds. The summed E-state index contributed by atoms with van der Waals surface area (Å²) in [6.45, 7) is 1.54. The number of halogens is 2. The summed E-state index contributed by atoms with van der Waals surface area (Å²) in [6.07, 6.45) is -1.38. The van der Waals surface area contributed by atoms with Gasteiger partial charge in [0.2, 0.25) is 0 Å². The normalized spacial score (nSPS) is 12.2. The Balaban J connectivity index is 2.28. The number of aryl methyl sites for hydroxylation is 1. The standard InChI is InChI=1S/C15H12F2O2/c1-9-8-11(4-7-13(9)17)15(19)14(18)10-2-5-12(16)6-3-10/h2-8,14,18H,1H3. The molecule has 1 atom stereocenters. The summed E-state index contributed by atoms with van der Waals surface area (Å²) in [5.41, 5.74) is 0.848. The fourth-order valence-corrected chi connectivity index (χ4v) is 1.75. The van der Waals surface area contributed by atoms with Crippen molar-refractivity contribution in [3.8, 4) is 0 Å². The summed E-state index contributed by atoms with van der Waals surface area (Å²) in [7, 11) is 0. The molecule has 0 heterocycles. The van der Waals surface area contributed by atoms with Gasteiger partial charge in [-0.15, -0.1) is 0 Å². The molecule has 0 bridgehead atoms. The minimum atomic E-state index is -1.38. The molecule has 2 nitrogen and oxygen atoms in total. The Morgan fingerprint density at radius 3 is 2.32 bits per heavy atom. The highest BCUT2D eigenvalue weighted by Crippen LogP contribution is 2.20. The maximum Gasteiger partial charge on any atom is 0.195 e. The van der Waals surface area contributed by atoms with Crippen LogP contribution in [0.5, 0.6) is 0 Å². The number of benzene rings is 2. The average Bonchev–Trinajstić information content (AvgIpc) is 2.41. The molecule has 0 fully saturated rings. The van der Waals surface area contributed by atoms with Gasteiger partial charge in [0.15, 0.2) is 5.78 Å². The van der Waals surface area contributed by atoms with Crippen LogP contribution >= 0.6 is 0 Å². The number of hydrogen-bond acceptors (Lipinski definition) is 2. The molecule has 0 aliphatic carbocycles. The molecule has 0 spiro atoms. The predicted molar refractivity (Wildman–Crippen MR) is 66.8 cm³/mol. The minimum absolute atomic E-state index is 0.218. The van der Waals surface area contributed by atoms with Crippen LogP contribution in [0.4, 0.5) is 8.78 Å². The molecule has 1 unspecified atom stereocenters. The van der Waals surface area contributed by atoms with Crippen molar-refractivity contribution >= 4 is 5.78 Å². The molecule has 0 aromatic heterocycles. The van der Waals surface area contributed by atoms with Crippen molar-refractivity contribution in [2.45, 2.75) is 13.0 Å². The van der Waals surface area contributed by atoms with Crippen LogP contribution in [-0.4, -0.2) is 10.9 Å². The van der Waals surface area contributed by atoms with E-state index in [-0.39, 0.29) is 5.56 Å². The molecule has 2 rings (SSSR count). The van der Waals surface area contributed by atoms with Crippen molar-refractivity contribution in [3.05, 3.63) is 70.8 Å². The van der Waals surface area contributed by atoms with Gasteiger partial charge in [0.25, 0.3) is 0 Å². The van der Waals surface area contributed by atoms with E-state index in [1.807, 2.05) is 0 Å². The van der Waals surface area contributed by atoms with Crippen LogP contribution in [0, 0.1) is 18.6 Å². The van der Waals surface area contributed by atoms with E-state index in [9.17, 15) is 18.7 Å². The van der Waals surface area contributed by atoms with Crippen molar-refractivity contribution in [3.63, 3.8) is 0 Å². The Morgan fingerprint density at radius 1 is 1.11 bits per heavy atom. The zero-order chi connectivity index (χ0) is 14.0. The topological polar surface area (TPSA) is 37.3 Å². The molecule has 0 radical (unpaired) electrons. The number of Topliss-reactive ketones (excluding diaryl/α,β-unsaturated/α-hetero) is 1. The van der Waals surface area contributed by atoms with E-state index in [1.54, 1.807) is 0 Å². The van der Waals surface area contributed by atoms with Crippen LogP contribution in [0.1, 0.15) is 27.6 Å². The molecular weight excluding hydrogens is 250 g/mol. The van der Waals surface area contributed by atoms with Gasteiger partial charge in [-0.25, -0.2) is 8.78 Å². The van der Waals surface area contributed by atoms with E-state index in [0.29, 0.717) is 11.1 Å². The second-order valence-electron chi connectivity index (χ2n) is 4.28. The number of rotatable bonds is 3. The molecule has 19 heavy (non-hydrogen) atoms. The van der Waals surface area contributed by atoms with Crippen molar-refractivity contribution in [2.75, 3.05) is 0 Å². The first-order valence-corrected chi connectivity index (χ1v) is 5.73. The third kappa shape index (κ3) is 2.85. The SMILES string of the molecule is Cc1cc(C(=O)C(O)c2ccc(F)cc2)ccc1F. The van der Waals surface area contributed by atoms with Crippen molar-refractivity contribution in [1.29, 1.82) is 0 Å². The van der Waals surface area contributed by atoms with E-state index in [0.717, 1.165) is 0 Å². The number of carbonyl (C=O) groups excluding carboxylic acids is 1. The molecule has 0 aliphatic heterocycles. The number of hydrogen-bond donors (Lipinski definition) is 1. The van der Waals surface area contributed by atoms with Crippen LogP contribution in [-0.2, 0) is 0 Å². The van der Waals surface area contributed by atoms with E-state index in [1.165, 1.54) is 49.4 Å². The smallest absolute Gasteiger partial charge is 0.195 e. The molecule has 1 N–H and O–H groups in total. The first-order chi connectivity index (χ1) is 8.99. The lowest BCUT2D eigenvalue weighted by atomic mass is 9.99. The molecule has 98 valence electrons. The first kappa shape index (κ1) is 13.4. The van der Waals surface area contributed by atoms with E-state index >= 15 is 0 Å². The van der Waals surface area contributed by atoms with Gasteiger partial charge in [0.1, 0.15) is 17.7 Å². The van der Waals surface area contributed by atoms with Gasteiger partial charge in [-0.05, 0) is 48.4 Å². The van der Waals surface area contributed by atoms with Gasteiger partial charge in [-0.1, -0.05) is 12.1 Å². The van der Waals surface area contributed by atoms with Gasteiger partial charge >= 0.3 is 0 Å². The third-order valence-corrected chi connectivity index (χ3v) is 2.88. The summed E-state index contributed by atoms with van der Waals surface area (Å²) in [6, 6.07) is 8.90. The van der Waals surface area contributed by atoms with Crippen molar-refractivity contribution < 1.29 is 18.7 Å². The average molecular weight is 262 g/mol. The largest absolute Gasteiger partial charge is 0.380 e. The minimum Gasteiger partial charge on any atom is -0.380 e. The maximum atomic E-state index is 13.1. The summed E-state index contributed by atoms with van der Waals surface area (Å²) in [5.74, 6) is -1.40. The van der Waals surface area contributed by atoms with Crippen molar-refractivity contribution in [1.82, 2.24) is 0 Å². The predicted octanol–water partition coefficient (Wildman–Crippen LogP) is 3.19. The third-order valence-electron chi connectivity index (χ3n) is 2.88. The second kappa shape index (κ2) is 5.28. The number of aliphatic hydroxyl groups is 1. The molecule has 2 aromatic carbocycles. The summed E-state index contributed by atoms with van der Waals surface area (Å²) < 4.78 is 25.9. The van der Waals surface area contributed by atoms with E-state index < -0.39 is 23.5 Å². The molecule has 0 saturated carbocycles. The molecule has 0 saturated heterocycles. The fourth-order valence-electron chi connectivity index (χ4n) is 1.75. The molecular formula is C15H12F2O2. The quantitative estimate of drug-likeness (QED) is 0.862. The summed E-state index contributed by atoms with van der Waals surface area (Å²) in [4.78, 5) is 12.0. The van der Waals surface area contributed by atoms with Crippen LogP contribution < -0.4 is 0 Å². The van der Waals surface area contributed by atoms with Crippen LogP contribution in [0.2, 0.25) is 0 Å². The van der Waals surface area contributed by atoms with Crippen molar-refractivity contribution in [2.24, 2.45) is 0 Å². The number of aliphatic hydroxyl groups excluding tert-OH is 1. The highest BCUT2D eigenvalue weighted by molar-refractivity contribution is 6.00. The van der Waals surface area contributed by atoms with Gasteiger partial charge < -0.3 is 5.11 Å². The highest BCUT2D eigenvalue weighted by Gasteiger charge is 2.19. The van der Waals surface area contributed by atoms with Crippen LogP contribution in [0.3, 0.4) is 0 Å². The Hall–Kier alpha value is -2.07. The number of ketones is 1. The van der Waals surface area contributed by atoms with Gasteiger partial charge in [-0.3, -0.25) is 4.79 Å². The zero-order valence-corrected chi connectivity index (χ0v) is 10.2. The lowest BCUT2D eigenvalue weighted by Crippen LogP contribution is -2.12. The Morgan fingerprint density at radius 2 is 1.74 bits per heavy atom. The Kier molecular flexibility index (Phi) is 3.71. The molecule has 4 heteroatoms. The summed E-state index contributed by atoms with van der Waals surface area (Å²) in [5, 5.41) is 9.93. The lowest BCUT2D eigenvalue weighted by Gasteiger charge is -2.10.